The predicted molar refractivity (Wildman–Crippen MR) is 95.1 cm³/mol. The van der Waals surface area contributed by atoms with Gasteiger partial charge in [0.15, 0.2) is 0 Å². The van der Waals surface area contributed by atoms with Crippen LogP contribution >= 0.6 is 0 Å². The van der Waals surface area contributed by atoms with Crippen LogP contribution in [0.4, 0.5) is 0 Å². The number of esters is 1. The second kappa shape index (κ2) is 12.9. The zero-order chi connectivity index (χ0) is 17.0. The molecule has 0 aromatic heterocycles. The van der Waals surface area contributed by atoms with Crippen molar-refractivity contribution in [1.82, 2.24) is 5.32 Å². The molecule has 1 N–H and O–H groups in total. The van der Waals surface area contributed by atoms with E-state index in [-0.39, 0.29) is 24.0 Å². The maximum Gasteiger partial charge on any atom is 0.323 e. The summed E-state index contributed by atoms with van der Waals surface area (Å²) in [5.74, 6) is 0.158. The molecule has 0 aromatic rings. The summed E-state index contributed by atoms with van der Waals surface area (Å²) in [6.45, 7) is 12.5. The van der Waals surface area contributed by atoms with Crippen molar-refractivity contribution in [2.24, 2.45) is 5.92 Å². The molecular weight excluding hydrogens is 274 g/mol. The van der Waals surface area contributed by atoms with E-state index in [1.54, 1.807) is 0 Å². The molecule has 0 aromatic carbocycles. The van der Waals surface area contributed by atoms with Gasteiger partial charge in [0.05, 0.1) is 6.10 Å². The lowest BCUT2D eigenvalue weighted by molar-refractivity contribution is -0.151. The first-order valence-corrected chi connectivity index (χ1v) is 9.38. The highest BCUT2D eigenvalue weighted by Crippen LogP contribution is 2.15. The fraction of sp³-hybridized carbons (Fsp3) is 0.947. The van der Waals surface area contributed by atoms with Crippen LogP contribution in [0.15, 0.2) is 0 Å². The third-order valence-electron chi connectivity index (χ3n) is 4.00. The molecule has 0 spiro atoms. The van der Waals surface area contributed by atoms with Crippen LogP contribution in [0.1, 0.15) is 92.9 Å². The molecule has 0 rings (SSSR count). The summed E-state index contributed by atoms with van der Waals surface area (Å²) in [6, 6.07) is 0.249. The number of ether oxygens (including phenoxy) is 1. The maximum absolute atomic E-state index is 12.3. The highest BCUT2D eigenvalue weighted by molar-refractivity contribution is 5.76. The fourth-order valence-corrected chi connectivity index (χ4v) is 2.67. The first-order chi connectivity index (χ1) is 10.4. The maximum atomic E-state index is 12.3. The first kappa shape index (κ1) is 21.4. The van der Waals surface area contributed by atoms with E-state index < -0.39 is 0 Å². The first-order valence-electron chi connectivity index (χ1n) is 9.38. The van der Waals surface area contributed by atoms with E-state index in [9.17, 15) is 4.79 Å². The van der Waals surface area contributed by atoms with Gasteiger partial charge in [0, 0.05) is 6.04 Å². The second-order valence-corrected chi connectivity index (χ2v) is 7.06. The number of carbonyl (C=O) groups is 1. The van der Waals surface area contributed by atoms with Gasteiger partial charge in [0.2, 0.25) is 0 Å². The number of rotatable bonds is 13. The largest absolute Gasteiger partial charge is 0.462 e. The lowest BCUT2D eigenvalue weighted by Gasteiger charge is -2.28. The van der Waals surface area contributed by atoms with E-state index in [1.807, 2.05) is 13.8 Å². The van der Waals surface area contributed by atoms with Gasteiger partial charge in [-0.05, 0) is 32.6 Å². The molecule has 132 valence electrons. The summed E-state index contributed by atoms with van der Waals surface area (Å²) in [6.07, 6.45) is 9.81. The lowest BCUT2D eigenvalue weighted by Crippen LogP contribution is -2.47. The Morgan fingerprint density at radius 2 is 1.50 bits per heavy atom. The molecule has 0 aliphatic rings. The van der Waals surface area contributed by atoms with Crippen molar-refractivity contribution < 1.29 is 9.53 Å². The van der Waals surface area contributed by atoms with Crippen LogP contribution in [0.2, 0.25) is 0 Å². The molecule has 3 nitrogen and oxygen atoms in total. The molecule has 3 heteroatoms. The van der Waals surface area contributed by atoms with E-state index in [4.69, 9.17) is 4.74 Å². The van der Waals surface area contributed by atoms with Crippen molar-refractivity contribution in [3.8, 4) is 0 Å². The average molecular weight is 314 g/mol. The van der Waals surface area contributed by atoms with Gasteiger partial charge in [-0.15, -0.1) is 0 Å². The molecule has 0 saturated carbocycles. The number of nitrogens with one attached hydrogen (secondary N) is 1. The van der Waals surface area contributed by atoms with Gasteiger partial charge in [0.1, 0.15) is 6.04 Å². The molecule has 0 fully saturated rings. The number of carbonyl (C=O) groups excluding carboxylic acids is 1. The van der Waals surface area contributed by atoms with Crippen LogP contribution in [0.25, 0.3) is 0 Å². The fourth-order valence-electron chi connectivity index (χ4n) is 2.67. The Morgan fingerprint density at radius 1 is 0.909 bits per heavy atom. The topological polar surface area (TPSA) is 38.3 Å². The van der Waals surface area contributed by atoms with Crippen molar-refractivity contribution in [2.75, 3.05) is 0 Å². The smallest absolute Gasteiger partial charge is 0.323 e. The van der Waals surface area contributed by atoms with Crippen molar-refractivity contribution in [3.05, 3.63) is 0 Å². The average Bonchev–Trinajstić information content (AvgIpc) is 2.44. The van der Waals surface area contributed by atoms with Crippen LogP contribution in [0, 0.1) is 5.92 Å². The Morgan fingerprint density at radius 3 is 2.00 bits per heavy atom. The van der Waals surface area contributed by atoms with Crippen LogP contribution < -0.4 is 5.32 Å². The molecule has 1 unspecified atom stereocenters. The van der Waals surface area contributed by atoms with Crippen LogP contribution in [0.3, 0.4) is 0 Å². The third-order valence-corrected chi connectivity index (χ3v) is 4.00. The van der Waals surface area contributed by atoms with Crippen LogP contribution in [-0.4, -0.2) is 24.2 Å². The highest BCUT2D eigenvalue weighted by Gasteiger charge is 2.26. The quantitative estimate of drug-likeness (QED) is 0.380. The van der Waals surface area contributed by atoms with Crippen molar-refractivity contribution in [3.63, 3.8) is 0 Å². The van der Waals surface area contributed by atoms with Gasteiger partial charge in [-0.1, -0.05) is 66.2 Å². The minimum Gasteiger partial charge on any atom is -0.462 e. The molecule has 0 bridgehead atoms. The van der Waals surface area contributed by atoms with Gasteiger partial charge < -0.3 is 10.1 Å². The van der Waals surface area contributed by atoms with E-state index in [2.05, 4.69) is 33.0 Å². The molecule has 2 atom stereocenters. The molecule has 0 heterocycles. The molecule has 0 amide bonds. The Bertz CT molecular complexity index is 277. The number of hydrogen-bond acceptors (Lipinski definition) is 3. The SMILES string of the molecule is CCCCCCC(CCCC)N[C@H](C(=O)OC(C)C)C(C)C. The standard InChI is InChI=1S/C19H39NO2/c1-7-9-11-12-14-17(13-10-8-2)20-18(15(3)4)19(21)22-16(5)6/h15-18,20H,7-14H2,1-6H3/t17?,18-/m0/s1. The second-order valence-electron chi connectivity index (χ2n) is 7.06. The van der Waals surface area contributed by atoms with E-state index >= 15 is 0 Å². The van der Waals surface area contributed by atoms with Crippen LogP contribution in [0.5, 0.6) is 0 Å². The van der Waals surface area contributed by atoms with Gasteiger partial charge in [0.25, 0.3) is 0 Å². The summed E-state index contributed by atoms with van der Waals surface area (Å²) in [4.78, 5) is 12.3. The molecular formula is C19H39NO2. The van der Waals surface area contributed by atoms with Crippen LogP contribution in [-0.2, 0) is 9.53 Å². The Balaban J connectivity index is 4.55. The molecule has 0 aliphatic carbocycles. The van der Waals surface area contributed by atoms with Gasteiger partial charge in [-0.25, -0.2) is 0 Å². The minimum absolute atomic E-state index is 0.0470. The monoisotopic (exact) mass is 313 g/mol. The Labute approximate surface area is 138 Å². The Kier molecular flexibility index (Phi) is 12.6. The number of hydrogen-bond donors (Lipinski definition) is 1. The highest BCUT2D eigenvalue weighted by atomic mass is 16.5. The normalized spacial score (nSPS) is 14.4. The van der Waals surface area contributed by atoms with Crippen molar-refractivity contribution in [2.45, 2.75) is 111 Å². The van der Waals surface area contributed by atoms with E-state index in [0.29, 0.717) is 6.04 Å². The van der Waals surface area contributed by atoms with Crippen molar-refractivity contribution in [1.29, 1.82) is 0 Å². The zero-order valence-electron chi connectivity index (χ0n) is 15.8. The predicted octanol–water partition coefficient (Wildman–Crippen LogP) is 5.08. The summed E-state index contributed by atoms with van der Waals surface area (Å²) >= 11 is 0. The lowest BCUT2D eigenvalue weighted by atomic mass is 9.98. The zero-order valence-corrected chi connectivity index (χ0v) is 15.8. The summed E-state index contributed by atoms with van der Waals surface area (Å²) in [5.41, 5.74) is 0. The van der Waals surface area contributed by atoms with E-state index in [1.165, 1.54) is 38.5 Å². The summed E-state index contributed by atoms with van der Waals surface area (Å²) < 4.78 is 5.42. The summed E-state index contributed by atoms with van der Waals surface area (Å²) in [7, 11) is 0. The molecule has 0 saturated heterocycles. The molecule has 0 aliphatic heterocycles. The molecule has 0 radical (unpaired) electrons. The van der Waals surface area contributed by atoms with Gasteiger partial charge in [-0.3, -0.25) is 4.79 Å². The van der Waals surface area contributed by atoms with Gasteiger partial charge >= 0.3 is 5.97 Å². The summed E-state index contributed by atoms with van der Waals surface area (Å²) in [5, 5.41) is 3.60. The number of unbranched alkanes of at least 4 members (excludes halogenated alkanes) is 4. The Hall–Kier alpha value is -0.570. The minimum atomic E-state index is -0.185. The third kappa shape index (κ3) is 10.2. The van der Waals surface area contributed by atoms with Gasteiger partial charge in [-0.2, -0.15) is 0 Å². The van der Waals surface area contributed by atoms with Crippen molar-refractivity contribution >= 4 is 5.97 Å². The molecule has 22 heavy (non-hydrogen) atoms. The van der Waals surface area contributed by atoms with E-state index in [0.717, 1.165) is 12.8 Å².